The first-order valence-electron chi connectivity index (χ1n) is 14.7. The SMILES string of the molecule is CC.Cc1cc(-c2ccccc2-c2cccc(C[N-]c3c(C(C)C)cccc3C(C)C)n2)c(O)c(C(C)(C)C)c1.[Hf]. The van der Waals surface area contributed by atoms with Crippen molar-refractivity contribution in [3.63, 3.8) is 0 Å². The van der Waals surface area contributed by atoms with Crippen LogP contribution in [0, 0.1) is 6.92 Å². The number of phenols is 1. The third-order valence-corrected chi connectivity index (χ3v) is 7.10. The van der Waals surface area contributed by atoms with Gasteiger partial charge in [0.2, 0.25) is 0 Å². The van der Waals surface area contributed by atoms with E-state index < -0.39 is 0 Å². The molecule has 0 aliphatic rings. The number of aromatic nitrogens is 1. The molecule has 0 spiro atoms. The first-order chi connectivity index (χ1) is 19.0. The summed E-state index contributed by atoms with van der Waals surface area (Å²) in [7, 11) is 0. The van der Waals surface area contributed by atoms with Crippen LogP contribution >= 0.6 is 0 Å². The maximum absolute atomic E-state index is 11.3. The first-order valence-corrected chi connectivity index (χ1v) is 14.7. The van der Waals surface area contributed by atoms with Crippen LogP contribution in [0.25, 0.3) is 27.7 Å². The molecule has 4 aromatic rings. The predicted molar refractivity (Wildman–Crippen MR) is 173 cm³/mol. The van der Waals surface area contributed by atoms with Crippen molar-refractivity contribution >= 4 is 5.69 Å². The summed E-state index contributed by atoms with van der Waals surface area (Å²) in [6.45, 7) is 21.9. The molecule has 1 N–H and O–H groups in total. The van der Waals surface area contributed by atoms with E-state index in [9.17, 15) is 5.11 Å². The number of hydrogen-bond donors (Lipinski definition) is 1. The standard InChI is InChI=1S/C35H41N2O.C2H6.Hf/c1-22(2)26-16-12-17-27(23(3)4)33(26)36-21-25-13-11-18-32(37-25)29-15-10-9-14-28(29)30-19-24(5)20-31(34(30)38)35(6,7)8;1-2;/h9-20,22-23H,21H2,1-8H3,(H,37,38);1-2H3;/q-1;;. The Hall–Kier alpha value is -2.72. The monoisotopic (exact) mass is 715 g/mol. The molecule has 4 heteroatoms. The quantitative estimate of drug-likeness (QED) is 0.194. The summed E-state index contributed by atoms with van der Waals surface area (Å²) in [6.07, 6.45) is 0. The molecule has 0 saturated carbocycles. The maximum atomic E-state index is 11.3. The zero-order valence-electron chi connectivity index (χ0n) is 26.6. The van der Waals surface area contributed by atoms with Gasteiger partial charge in [-0.1, -0.05) is 135 Å². The van der Waals surface area contributed by atoms with Gasteiger partial charge >= 0.3 is 0 Å². The minimum Gasteiger partial charge on any atom is -0.679 e. The number of para-hydroxylation sites is 1. The molecular weight excluding hydrogens is 667 g/mol. The van der Waals surface area contributed by atoms with Crippen molar-refractivity contribution in [2.75, 3.05) is 0 Å². The maximum Gasteiger partial charge on any atom is 0.127 e. The second-order valence-electron chi connectivity index (χ2n) is 11.9. The topological polar surface area (TPSA) is 47.2 Å². The minimum atomic E-state index is -0.166. The van der Waals surface area contributed by atoms with Gasteiger partial charge in [0.1, 0.15) is 5.75 Å². The zero-order chi connectivity index (χ0) is 29.6. The van der Waals surface area contributed by atoms with Crippen molar-refractivity contribution < 1.29 is 30.9 Å². The summed E-state index contributed by atoms with van der Waals surface area (Å²) in [5.41, 5.74) is 10.2. The van der Waals surface area contributed by atoms with Crippen LogP contribution in [-0.2, 0) is 37.8 Å². The Balaban J connectivity index is 0.00000192. The second-order valence-corrected chi connectivity index (χ2v) is 11.9. The summed E-state index contributed by atoms with van der Waals surface area (Å²) in [4.78, 5) is 5.04. The Morgan fingerprint density at radius 2 is 1.32 bits per heavy atom. The minimum absolute atomic E-state index is 0. The van der Waals surface area contributed by atoms with Crippen LogP contribution in [0.2, 0.25) is 0 Å². The average Bonchev–Trinajstić information content (AvgIpc) is 2.93. The van der Waals surface area contributed by atoms with E-state index in [-0.39, 0.29) is 31.3 Å². The smallest absolute Gasteiger partial charge is 0.127 e. The van der Waals surface area contributed by atoms with Crippen LogP contribution in [0.1, 0.15) is 102 Å². The fourth-order valence-electron chi connectivity index (χ4n) is 5.07. The van der Waals surface area contributed by atoms with Crippen LogP contribution in [0.5, 0.6) is 5.75 Å². The third kappa shape index (κ3) is 8.19. The number of rotatable bonds is 7. The van der Waals surface area contributed by atoms with Crippen molar-refractivity contribution in [1.29, 1.82) is 0 Å². The molecule has 0 saturated heterocycles. The van der Waals surface area contributed by atoms with Gasteiger partial charge in [0.15, 0.2) is 0 Å². The molecule has 0 aliphatic carbocycles. The number of nitrogens with zero attached hydrogens (tertiary/aromatic N) is 2. The largest absolute Gasteiger partial charge is 0.679 e. The Morgan fingerprint density at radius 1 is 0.756 bits per heavy atom. The molecule has 0 atom stereocenters. The first kappa shape index (κ1) is 34.5. The molecule has 0 fully saturated rings. The Kier molecular flexibility index (Phi) is 12.6. The van der Waals surface area contributed by atoms with E-state index in [0.717, 1.165) is 44.9 Å². The van der Waals surface area contributed by atoms with Gasteiger partial charge in [-0.3, -0.25) is 4.98 Å². The van der Waals surface area contributed by atoms with E-state index in [1.54, 1.807) is 0 Å². The van der Waals surface area contributed by atoms with E-state index in [1.165, 1.54) is 11.1 Å². The van der Waals surface area contributed by atoms with Crippen LogP contribution in [0.3, 0.4) is 0 Å². The number of aryl methyl sites for hydroxylation is 1. The summed E-state index contributed by atoms with van der Waals surface area (Å²) in [5.74, 6) is 1.14. The summed E-state index contributed by atoms with van der Waals surface area (Å²) in [6, 6.07) is 25.0. The number of phenolic OH excluding ortho intramolecular Hbond substituents is 1. The van der Waals surface area contributed by atoms with E-state index >= 15 is 0 Å². The normalized spacial score (nSPS) is 11.1. The van der Waals surface area contributed by atoms with Crippen LogP contribution in [0.15, 0.2) is 72.8 Å². The number of hydrogen-bond acceptors (Lipinski definition) is 2. The molecule has 0 amide bonds. The number of pyridine rings is 1. The fraction of sp³-hybridized carbons (Fsp3) is 0.378. The van der Waals surface area contributed by atoms with Gasteiger partial charge in [0.05, 0.1) is 5.69 Å². The summed E-state index contributed by atoms with van der Waals surface area (Å²) < 4.78 is 0. The van der Waals surface area contributed by atoms with Gasteiger partial charge in [-0.05, 0) is 53.5 Å². The summed E-state index contributed by atoms with van der Waals surface area (Å²) in [5, 5.41) is 16.4. The molecule has 41 heavy (non-hydrogen) atoms. The van der Waals surface area contributed by atoms with Crippen LogP contribution in [0.4, 0.5) is 5.69 Å². The predicted octanol–water partition coefficient (Wildman–Crippen LogP) is 11.2. The van der Waals surface area contributed by atoms with E-state index in [1.807, 2.05) is 38.1 Å². The molecule has 0 bridgehead atoms. The van der Waals surface area contributed by atoms with Gasteiger partial charge in [0, 0.05) is 48.2 Å². The van der Waals surface area contributed by atoms with E-state index in [4.69, 9.17) is 10.3 Å². The Morgan fingerprint density at radius 3 is 1.88 bits per heavy atom. The molecule has 0 unspecified atom stereocenters. The van der Waals surface area contributed by atoms with Gasteiger partial charge in [-0.2, -0.15) is 0 Å². The van der Waals surface area contributed by atoms with E-state index in [2.05, 4.69) is 104 Å². The Bertz CT molecular complexity index is 1410. The summed E-state index contributed by atoms with van der Waals surface area (Å²) >= 11 is 0. The molecule has 1 heterocycles. The van der Waals surface area contributed by atoms with E-state index in [0.29, 0.717) is 24.1 Å². The van der Waals surface area contributed by atoms with Crippen LogP contribution < -0.4 is 0 Å². The number of benzene rings is 3. The van der Waals surface area contributed by atoms with Gasteiger partial charge in [0.25, 0.3) is 0 Å². The fourth-order valence-corrected chi connectivity index (χ4v) is 5.07. The molecule has 1 aromatic heterocycles. The van der Waals surface area contributed by atoms with Gasteiger partial charge in [-0.25, -0.2) is 0 Å². The molecule has 216 valence electrons. The van der Waals surface area contributed by atoms with Crippen molar-refractivity contribution in [1.82, 2.24) is 4.98 Å². The van der Waals surface area contributed by atoms with Crippen molar-refractivity contribution in [2.24, 2.45) is 0 Å². The van der Waals surface area contributed by atoms with Gasteiger partial charge in [-0.15, -0.1) is 5.69 Å². The molecule has 4 rings (SSSR count). The van der Waals surface area contributed by atoms with Crippen molar-refractivity contribution in [2.45, 2.75) is 93.0 Å². The molecule has 0 radical (unpaired) electrons. The van der Waals surface area contributed by atoms with Crippen molar-refractivity contribution in [3.05, 3.63) is 106 Å². The van der Waals surface area contributed by atoms with Crippen LogP contribution in [-0.4, -0.2) is 10.1 Å². The molecule has 3 aromatic carbocycles. The number of aromatic hydroxyl groups is 1. The Labute approximate surface area is 267 Å². The zero-order valence-corrected chi connectivity index (χ0v) is 30.2. The van der Waals surface area contributed by atoms with Gasteiger partial charge < -0.3 is 10.4 Å². The third-order valence-electron chi connectivity index (χ3n) is 7.10. The average molecular weight is 714 g/mol. The second kappa shape index (κ2) is 15.0. The van der Waals surface area contributed by atoms with Crippen molar-refractivity contribution in [3.8, 4) is 28.1 Å². The molecular formula is C37H47HfN2O-. The molecule has 3 nitrogen and oxygen atoms in total. The molecule has 0 aliphatic heterocycles.